The number of hydrogen-bond acceptors (Lipinski definition) is 1. The average molecular weight is 150 g/mol. The summed E-state index contributed by atoms with van der Waals surface area (Å²) in [5.74, 6) is 0.781. The molecule has 0 bridgehead atoms. The zero-order valence-electron chi connectivity index (χ0n) is 6.92. The van der Waals surface area contributed by atoms with Crippen molar-refractivity contribution in [2.75, 3.05) is 6.61 Å². The predicted molar refractivity (Wildman–Crippen MR) is 45.4 cm³/mol. The van der Waals surface area contributed by atoms with Crippen molar-refractivity contribution < 1.29 is 4.74 Å². The third-order valence-electron chi connectivity index (χ3n) is 2.62. The van der Waals surface area contributed by atoms with Gasteiger partial charge in [0.2, 0.25) is 0 Å². The minimum Gasteiger partial charge on any atom is -0.374 e. The Morgan fingerprint density at radius 1 is 1.55 bits per heavy atom. The van der Waals surface area contributed by atoms with Crippen LogP contribution in [0.15, 0.2) is 23.8 Å². The topological polar surface area (TPSA) is 9.23 Å². The molecule has 2 atom stereocenters. The van der Waals surface area contributed by atoms with Gasteiger partial charge < -0.3 is 4.74 Å². The van der Waals surface area contributed by atoms with Gasteiger partial charge in [-0.2, -0.15) is 0 Å². The van der Waals surface area contributed by atoms with Crippen LogP contribution in [0.2, 0.25) is 0 Å². The lowest BCUT2D eigenvalue weighted by molar-refractivity contribution is 0.0458. The normalized spacial score (nSPS) is 36.3. The van der Waals surface area contributed by atoms with Crippen molar-refractivity contribution in [3.63, 3.8) is 0 Å². The Labute approximate surface area is 67.7 Å². The van der Waals surface area contributed by atoms with Gasteiger partial charge in [-0.15, -0.1) is 0 Å². The molecule has 2 unspecified atom stereocenters. The van der Waals surface area contributed by atoms with Gasteiger partial charge in [0.1, 0.15) is 0 Å². The van der Waals surface area contributed by atoms with Crippen molar-refractivity contribution >= 4 is 0 Å². The number of ether oxygens (including phenoxy) is 1. The van der Waals surface area contributed by atoms with Crippen molar-refractivity contribution in [3.8, 4) is 0 Å². The van der Waals surface area contributed by atoms with E-state index in [9.17, 15) is 0 Å². The van der Waals surface area contributed by atoms with E-state index < -0.39 is 0 Å². The zero-order chi connectivity index (χ0) is 7.68. The Kier molecular flexibility index (Phi) is 1.82. The maximum absolute atomic E-state index is 5.55. The molecule has 0 saturated carbocycles. The van der Waals surface area contributed by atoms with Gasteiger partial charge >= 0.3 is 0 Å². The van der Waals surface area contributed by atoms with E-state index >= 15 is 0 Å². The first kappa shape index (κ1) is 7.11. The molecule has 1 heterocycles. The van der Waals surface area contributed by atoms with E-state index in [1.165, 1.54) is 18.4 Å². The number of fused-ring (bicyclic) bond motifs is 1. The first-order valence-corrected chi connectivity index (χ1v) is 4.36. The molecule has 60 valence electrons. The molecule has 1 nitrogen and oxygen atoms in total. The third kappa shape index (κ3) is 1.25. The Morgan fingerprint density at radius 2 is 2.45 bits per heavy atom. The van der Waals surface area contributed by atoms with Crippen molar-refractivity contribution in [2.45, 2.75) is 25.9 Å². The van der Waals surface area contributed by atoms with Crippen LogP contribution in [0.4, 0.5) is 0 Å². The lowest BCUT2D eigenvalue weighted by Crippen LogP contribution is -2.27. The van der Waals surface area contributed by atoms with Gasteiger partial charge in [0.25, 0.3) is 0 Å². The smallest absolute Gasteiger partial charge is 0.0762 e. The Balaban J connectivity index is 2.20. The molecule has 0 aromatic carbocycles. The minimum atomic E-state index is 0.360. The van der Waals surface area contributed by atoms with Crippen molar-refractivity contribution in [1.82, 2.24) is 0 Å². The monoisotopic (exact) mass is 150 g/mol. The van der Waals surface area contributed by atoms with Crippen LogP contribution >= 0.6 is 0 Å². The summed E-state index contributed by atoms with van der Waals surface area (Å²) in [4.78, 5) is 0. The van der Waals surface area contributed by atoms with Crippen LogP contribution in [-0.4, -0.2) is 12.7 Å². The molecular weight excluding hydrogens is 136 g/mol. The molecule has 1 aliphatic carbocycles. The molecule has 2 rings (SSSR count). The van der Waals surface area contributed by atoms with Crippen molar-refractivity contribution in [2.24, 2.45) is 5.92 Å². The van der Waals surface area contributed by atoms with Gasteiger partial charge in [0, 0.05) is 6.61 Å². The van der Waals surface area contributed by atoms with Gasteiger partial charge in [-0.1, -0.05) is 18.2 Å². The second-order valence-electron chi connectivity index (χ2n) is 3.33. The summed E-state index contributed by atoms with van der Waals surface area (Å²) in [6.07, 6.45) is 9.42. The standard InChI is InChI=1S/C10H14O/c1-8-10-5-3-2-4-9(10)6-7-11-8/h2-3,5,8-9H,4,6-7H2,1H3. The second-order valence-corrected chi connectivity index (χ2v) is 3.33. The zero-order valence-corrected chi connectivity index (χ0v) is 6.92. The van der Waals surface area contributed by atoms with Crippen molar-refractivity contribution in [3.05, 3.63) is 23.8 Å². The van der Waals surface area contributed by atoms with Gasteiger partial charge in [-0.25, -0.2) is 0 Å². The Bertz CT molecular complexity index is 203. The fourth-order valence-electron chi connectivity index (χ4n) is 1.93. The average Bonchev–Trinajstić information content (AvgIpc) is 2.06. The second kappa shape index (κ2) is 2.82. The van der Waals surface area contributed by atoms with E-state index in [4.69, 9.17) is 4.74 Å². The highest BCUT2D eigenvalue weighted by molar-refractivity contribution is 5.24. The summed E-state index contributed by atoms with van der Waals surface area (Å²) in [7, 11) is 0. The summed E-state index contributed by atoms with van der Waals surface area (Å²) >= 11 is 0. The van der Waals surface area contributed by atoms with Gasteiger partial charge in [0.05, 0.1) is 6.10 Å². The molecule has 0 aromatic rings. The first-order valence-electron chi connectivity index (χ1n) is 4.36. The van der Waals surface area contributed by atoms with Crippen LogP contribution in [-0.2, 0) is 4.74 Å². The van der Waals surface area contributed by atoms with E-state index in [1.54, 1.807) is 0 Å². The molecule has 1 heteroatoms. The van der Waals surface area contributed by atoms with E-state index in [0.29, 0.717) is 6.10 Å². The summed E-state index contributed by atoms with van der Waals surface area (Å²) < 4.78 is 5.55. The largest absolute Gasteiger partial charge is 0.374 e. The fourth-order valence-corrected chi connectivity index (χ4v) is 1.93. The Hall–Kier alpha value is -0.560. The summed E-state index contributed by atoms with van der Waals surface area (Å²) in [5, 5.41) is 0. The van der Waals surface area contributed by atoms with E-state index in [-0.39, 0.29) is 0 Å². The quantitative estimate of drug-likeness (QED) is 0.515. The molecule has 0 amide bonds. The van der Waals surface area contributed by atoms with Gasteiger partial charge in [-0.3, -0.25) is 0 Å². The summed E-state index contributed by atoms with van der Waals surface area (Å²) in [5.41, 5.74) is 1.50. The maximum Gasteiger partial charge on any atom is 0.0762 e. The van der Waals surface area contributed by atoms with Gasteiger partial charge in [0.15, 0.2) is 0 Å². The predicted octanol–water partition coefficient (Wildman–Crippen LogP) is 2.30. The van der Waals surface area contributed by atoms with Crippen molar-refractivity contribution in [1.29, 1.82) is 0 Å². The molecule has 0 aromatic heterocycles. The molecule has 1 saturated heterocycles. The molecule has 0 radical (unpaired) electrons. The minimum absolute atomic E-state index is 0.360. The molecule has 1 fully saturated rings. The maximum atomic E-state index is 5.55. The molecule has 11 heavy (non-hydrogen) atoms. The van der Waals surface area contributed by atoms with Crippen LogP contribution in [0, 0.1) is 5.92 Å². The SMILES string of the molecule is CC1OCCC2CC=CC=C21. The highest BCUT2D eigenvalue weighted by atomic mass is 16.5. The fraction of sp³-hybridized carbons (Fsp3) is 0.600. The number of rotatable bonds is 0. The lowest BCUT2D eigenvalue weighted by Gasteiger charge is -2.31. The third-order valence-corrected chi connectivity index (χ3v) is 2.62. The lowest BCUT2D eigenvalue weighted by atomic mass is 9.84. The van der Waals surface area contributed by atoms with E-state index in [0.717, 1.165) is 12.5 Å². The molecule has 0 spiro atoms. The highest BCUT2D eigenvalue weighted by Crippen LogP contribution is 2.31. The van der Waals surface area contributed by atoms with Crippen LogP contribution in [0.25, 0.3) is 0 Å². The highest BCUT2D eigenvalue weighted by Gasteiger charge is 2.24. The molecular formula is C10H14O. The van der Waals surface area contributed by atoms with Crippen LogP contribution < -0.4 is 0 Å². The van der Waals surface area contributed by atoms with E-state index in [1.807, 2.05) is 0 Å². The number of hydrogen-bond donors (Lipinski definition) is 0. The van der Waals surface area contributed by atoms with Crippen LogP contribution in [0.1, 0.15) is 19.8 Å². The molecule has 1 aliphatic heterocycles. The van der Waals surface area contributed by atoms with Crippen LogP contribution in [0.5, 0.6) is 0 Å². The number of allylic oxidation sites excluding steroid dienone is 3. The van der Waals surface area contributed by atoms with Crippen LogP contribution in [0.3, 0.4) is 0 Å². The first-order chi connectivity index (χ1) is 5.38. The summed E-state index contributed by atoms with van der Waals surface area (Å²) in [6, 6.07) is 0. The molecule has 0 N–H and O–H groups in total. The summed E-state index contributed by atoms with van der Waals surface area (Å²) in [6.45, 7) is 3.09. The Morgan fingerprint density at radius 3 is 3.27 bits per heavy atom. The molecule has 2 aliphatic rings. The van der Waals surface area contributed by atoms with E-state index in [2.05, 4.69) is 25.2 Å². The van der Waals surface area contributed by atoms with Gasteiger partial charge in [-0.05, 0) is 31.3 Å².